The summed E-state index contributed by atoms with van der Waals surface area (Å²) in [5.74, 6) is -0.404. The van der Waals surface area contributed by atoms with Gasteiger partial charge in [-0.2, -0.15) is 0 Å². The average Bonchev–Trinajstić information content (AvgIpc) is 2.22. The molecule has 0 radical (unpaired) electrons. The number of hydrogen-bond acceptors (Lipinski definition) is 3. The quantitative estimate of drug-likeness (QED) is 0.675. The fourth-order valence-corrected chi connectivity index (χ4v) is 1.40. The van der Waals surface area contributed by atoms with Gasteiger partial charge in [-0.25, -0.2) is 4.79 Å². The molecule has 80 valence electrons. The van der Waals surface area contributed by atoms with Gasteiger partial charge in [0.15, 0.2) is 0 Å². The van der Waals surface area contributed by atoms with Crippen LogP contribution >= 0.6 is 15.9 Å². The lowest BCUT2D eigenvalue weighted by Crippen LogP contribution is -2.05. The van der Waals surface area contributed by atoms with E-state index in [9.17, 15) is 9.59 Å². The molecule has 0 bridgehead atoms. The van der Waals surface area contributed by atoms with Crippen molar-refractivity contribution in [3.63, 3.8) is 0 Å². The maximum Gasteiger partial charge on any atom is 0.338 e. The number of ether oxygens (including phenoxy) is 1. The van der Waals surface area contributed by atoms with Crippen LogP contribution in [0.3, 0.4) is 0 Å². The molecule has 5 heteroatoms. The number of amides is 1. The molecule has 0 aliphatic carbocycles. The SMILES string of the molecule is CCOC(=O)c1ccc(Br)c(NC=O)c1. The Morgan fingerprint density at radius 2 is 2.33 bits per heavy atom. The maximum absolute atomic E-state index is 11.4. The molecule has 0 aliphatic heterocycles. The van der Waals surface area contributed by atoms with Crippen LogP contribution in [0.1, 0.15) is 17.3 Å². The second-order valence-corrected chi connectivity index (χ2v) is 3.53. The van der Waals surface area contributed by atoms with Crippen LogP contribution in [-0.2, 0) is 9.53 Å². The standard InChI is InChI=1S/C10H10BrNO3/c1-2-15-10(14)7-3-4-8(11)9(5-7)12-6-13/h3-6H,2H2,1H3,(H,12,13). The molecule has 1 rings (SSSR count). The van der Waals surface area contributed by atoms with Gasteiger partial charge in [-0.05, 0) is 41.1 Å². The normalized spacial score (nSPS) is 9.47. The van der Waals surface area contributed by atoms with Crippen molar-refractivity contribution in [1.29, 1.82) is 0 Å². The third-order valence-electron chi connectivity index (χ3n) is 1.69. The van der Waals surface area contributed by atoms with Crippen LogP contribution in [0, 0.1) is 0 Å². The third-order valence-corrected chi connectivity index (χ3v) is 2.38. The molecule has 0 heterocycles. The minimum atomic E-state index is -0.404. The van der Waals surface area contributed by atoms with Gasteiger partial charge in [0.2, 0.25) is 6.41 Å². The van der Waals surface area contributed by atoms with Gasteiger partial charge in [0.1, 0.15) is 0 Å². The molecule has 0 unspecified atom stereocenters. The van der Waals surface area contributed by atoms with Gasteiger partial charge in [-0.1, -0.05) is 0 Å². The Morgan fingerprint density at radius 3 is 2.93 bits per heavy atom. The number of nitrogens with one attached hydrogen (secondary N) is 1. The van der Waals surface area contributed by atoms with Crippen LogP contribution in [0.4, 0.5) is 5.69 Å². The van der Waals surface area contributed by atoms with Gasteiger partial charge in [0, 0.05) is 4.47 Å². The van der Waals surface area contributed by atoms with Crippen molar-refractivity contribution < 1.29 is 14.3 Å². The predicted octanol–water partition coefficient (Wildman–Crippen LogP) is 2.19. The Balaban J connectivity index is 2.96. The minimum Gasteiger partial charge on any atom is -0.462 e. The van der Waals surface area contributed by atoms with Crippen LogP contribution in [0.25, 0.3) is 0 Å². The van der Waals surface area contributed by atoms with Gasteiger partial charge in [-0.3, -0.25) is 4.79 Å². The summed E-state index contributed by atoms with van der Waals surface area (Å²) in [7, 11) is 0. The summed E-state index contributed by atoms with van der Waals surface area (Å²) in [6.07, 6.45) is 0.551. The Hall–Kier alpha value is -1.36. The van der Waals surface area contributed by atoms with Crippen molar-refractivity contribution in [2.45, 2.75) is 6.92 Å². The molecular formula is C10H10BrNO3. The first-order chi connectivity index (χ1) is 7.19. The summed E-state index contributed by atoms with van der Waals surface area (Å²) in [6, 6.07) is 4.85. The number of rotatable bonds is 4. The Labute approximate surface area is 95.7 Å². The fourth-order valence-electron chi connectivity index (χ4n) is 1.04. The van der Waals surface area contributed by atoms with Crippen molar-refractivity contribution in [1.82, 2.24) is 0 Å². The lowest BCUT2D eigenvalue weighted by atomic mass is 10.2. The van der Waals surface area contributed by atoms with Crippen LogP contribution in [0.5, 0.6) is 0 Å². The van der Waals surface area contributed by atoms with Crippen molar-refractivity contribution in [3.8, 4) is 0 Å². The molecule has 1 amide bonds. The molecule has 0 saturated carbocycles. The third kappa shape index (κ3) is 3.06. The molecule has 1 N–H and O–H groups in total. The molecular weight excluding hydrogens is 262 g/mol. The van der Waals surface area contributed by atoms with E-state index in [1.54, 1.807) is 25.1 Å². The molecule has 15 heavy (non-hydrogen) atoms. The molecule has 0 atom stereocenters. The second kappa shape index (κ2) is 5.50. The van der Waals surface area contributed by atoms with Gasteiger partial charge < -0.3 is 10.1 Å². The first kappa shape index (κ1) is 11.7. The first-order valence-corrected chi connectivity index (χ1v) is 5.15. The van der Waals surface area contributed by atoms with E-state index in [-0.39, 0.29) is 0 Å². The fraction of sp³-hybridized carbons (Fsp3) is 0.200. The molecule has 4 nitrogen and oxygen atoms in total. The van der Waals surface area contributed by atoms with E-state index >= 15 is 0 Å². The van der Waals surface area contributed by atoms with Crippen molar-refractivity contribution in [2.75, 3.05) is 11.9 Å². The zero-order valence-electron chi connectivity index (χ0n) is 8.12. The van der Waals surface area contributed by atoms with Gasteiger partial charge in [0.05, 0.1) is 17.9 Å². The Morgan fingerprint density at radius 1 is 1.60 bits per heavy atom. The highest BCUT2D eigenvalue weighted by Gasteiger charge is 2.08. The molecule has 0 fully saturated rings. The van der Waals surface area contributed by atoms with E-state index in [0.29, 0.717) is 28.7 Å². The average molecular weight is 272 g/mol. The van der Waals surface area contributed by atoms with Crippen LogP contribution in [0.2, 0.25) is 0 Å². The highest BCUT2D eigenvalue weighted by molar-refractivity contribution is 9.10. The van der Waals surface area contributed by atoms with E-state index in [1.807, 2.05) is 0 Å². The molecule has 0 saturated heterocycles. The monoisotopic (exact) mass is 271 g/mol. The molecule has 1 aromatic carbocycles. The molecule has 0 spiro atoms. The molecule has 0 aromatic heterocycles. The summed E-state index contributed by atoms with van der Waals surface area (Å²) in [6.45, 7) is 2.06. The summed E-state index contributed by atoms with van der Waals surface area (Å²) >= 11 is 3.25. The summed E-state index contributed by atoms with van der Waals surface area (Å²) in [4.78, 5) is 21.6. The molecule has 0 aliphatic rings. The van der Waals surface area contributed by atoms with E-state index in [2.05, 4.69) is 21.2 Å². The predicted molar refractivity (Wildman–Crippen MR) is 59.8 cm³/mol. The number of anilines is 1. The zero-order valence-corrected chi connectivity index (χ0v) is 9.71. The summed E-state index contributed by atoms with van der Waals surface area (Å²) in [5.41, 5.74) is 0.944. The number of carbonyl (C=O) groups is 2. The van der Waals surface area contributed by atoms with Gasteiger partial charge >= 0.3 is 5.97 Å². The van der Waals surface area contributed by atoms with Crippen LogP contribution in [-0.4, -0.2) is 19.0 Å². The van der Waals surface area contributed by atoms with Gasteiger partial charge in [0.25, 0.3) is 0 Å². The second-order valence-electron chi connectivity index (χ2n) is 2.68. The number of carbonyl (C=O) groups excluding carboxylic acids is 2. The minimum absolute atomic E-state index is 0.325. The number of esters is 1. The largest absolute Gasteiger partial charge is 0.462 e. The van der Waals surface area contributed by atoms with E-state index in [4.69, 9.17) is 4.74 Å². The number of hydrogen-bond donors (Lipinski definition) is 1. The highest BCUT2D eigenvalue weighted by atomic mass is 79.9. The van der Waals surface area contributed by atoms with Crippen molar-refractivity contribution in [3.05, 3.63) is 28.2 Å². The van der Waals surface area contributed by atoms with E-state index in [1.165, 1.54) is 0 Å². The van der Waals surface area contributed by atoms with Crippen molar-refractivity contribution in [2.24, 2.45) is 0 Å². The topological polar surface area (TPSA) is 55.4 Å². The smallest absolute Gasteiger partial charge is 0.338 e. The van der Waals surface area contributed by atoms with Crippen LogP contribution in [0.15, 0.2) is 22.7 Å². The van der Waals surface area contributed by atoms with Crippen molar-refractivity contribution >= 4 is 34.0 Å². The first-order valence-electron chi connectivity index (χ1n) is 4.36. The number of benzene rings is 1. The highest BCUT2D eigenvalue weighted by Crippen LogP contribution is 2.23. The Bertz CT molecular complexity index is 379. The van der Waals surface area contributed by atoms with Gasteiger partial charge in [-0.15, -0.1) is 0 Å². The van der Waals surface area contributed by atoms with Crippen LogP contribution < -0.4 is 5.32 Å². The number of halogens is 1. The lowest BCUT2D eigenvalue weighted by molar-refractivity contribution is -0.105. The summed E-state index contributed by atoms with van der Waals surface area (Å²) in [5, 5.41) is 2.48. The van der Waals surface area contributed by atoms with E-state index in [0.717, 1.165) is 0 Å². The maximum atomic E-state index is 11.4. The molecule has 1 aromatic rings. The lowest BCUT2D eigenvalue weighted by Gasteiger charge is -2.05. The zero-order chi connectivity index (χ0) is 11.3. The van der Waals surface area contributed by atoms with E-state index < -0.39 is 5.97 Å². The summed E-state index contributed by atoms with van der Waals surface area (Å²) < 4.78 is 5.54. The Kier molecular flexibility index (Phi) is 4.30.